The smallest absolute Gasteiger partial charge is 0.159 e. The number of ketones is 1. The molecule has 0 unspecified atom stereocenters. The van der Waals surface area contributed by atoms with Crippen LogP contribution in [0.25, 0.3) is 5.57 Å². The van der Waals surface area contributed by atoms with Crippen LogP contribution >= 0.6 is 0 Å². The van der Waals surface area contributed by atoms with Gasteiger partial charge >= 0.3 is 0 Å². The molecule has 0 saturated carbocycles. The summed E-state index contributed by atoms with van der Waals surface area (Å²) in [5.41, 5.74) is 3.58. The highest BCUT2D eigenvalue weighted by atomic mass is 16.1. The van der Waals surface area contributed by atoms with Gasteiger partial charge in [0.1, 0.15) is 0 Å². The molecule has 0 N–H and O–H groups in total. The maximum absolute atomic E-state index is 11.5. The van der Waals surface area contributed by atoms with Crippen LogP contribution in [0.5, 0.6) is 0 Å². The van der Waals surface area contributed by atoms with Crippen LogP contribution in [0.3, 0.4) is 0 Å². The zero-order chi connectivity index (χ0) is 11.1. The second-order valence-electron chi connectivity index (χ2n) is 4.37. The lowest BCUT2D eigenvalue weighted by Crippen LogP contribution is -2.34. The van der Waals surface area contributed by atoms with Gasteiger partial charge in [0.05, 0.1) is 6.04 Å². The molecule has 0 spiro atoms. The van der Waals surface area contributed by atoms with Crippen LogP contribution in [0.1, 0.15) is 23.6 Å². The summed E-state index contributed by atoms with van der Waals surface area (Å²) in [6, 6.07) is 8.46. The number of benzene rings is 1. The average Bonchev–Trinajstić information content (AvgIpc) is 2.31. The van der Waals surface area contributed by atoms with Gasteiger partial charge in [-0.1, -0.05) is 30.8 Å². The molecular formula is C14H13NO. The van der Waals surface area contributed by atoms with Crippen molar-refractivity contribution >= 4 is 11.4 Å². The van der Waals surface area contributed by atoms with E-state index in [9.17, 15) is 4.79 Å². The minimum absolute atomic E-state index is 0.208. The molecule has 1 atom stereocenters. The zero-order valence-electron chi connectivity index (χ0n) is 9.02. The van der Waals surface area contributed by atoms with Crippen LogP contribution in [-0.2, 0) is 4.79 Å². The summed E-state index contributed by atoms with van der Waals surface area (Å²) in [6.07, 6.45) is 4.15. The number of hydrogen-bond acceptors (Lipinski definition) is 2. The summed E-state index contributed by atoms with van der Waals surface area (Å²) < 4.78 is 0. The third kappa shape index (κ3) is 1.30. The summed E-state index contributed by atoms with van der Waals surface area (Å²) in [7, 11) is 0. The molecule has 80 valence electrons. The molecule has 1 aromatic carbocycles. The van der Waals surface area contributed by atoms with Crippen molar-refractivity contribution < 1.29 is 4.79 Å². The van der Waals surface area contributed by atoms with Gasteiger partial charge in [0.15, 0.2) is 5.78 Å². The predicted molar refractivity (Wildman–Crippen MR) is 63.7 cm³/mol. The Bertz CT molecular complexity index is 501. The quantitative estimate of drug-likeness (QED) is 0.657. The molecule has 0 aliphatic carbocycles. The molecule has 3 rings (SSSR count). The van der Waals surface area contributed by atoms with Crippen molar-refractivity contribution in [3.05, 3.63) is 54.2 Å². The van der Waals surface area contributed by atoms with E-state index in [1.807, 2.05) is 18.3 Å². The van der Waals surface area contributed by atoms with Crippen molar-refractivity contribution in [2.24, 2.45) is 0 Å². The van der Waals surface area contributed by atoms with Crippen LogP contribution < -0.4 is 0 Å². The summed E-state index contributed by atoms with van der Waals surface area (Å²) in [5, 5.41) is 0. The highest BCUT2D eigenvalue weighted by Gasteiger charge is 2.30. The summed E-state index contributed by atoms with van der Waals surface area (Å²) in [4.78, 5) is 13.7. The van der Waals surface area contributed by atoms with E-state index >= 15 is 0 Å². The largest absolute Gasteiger partial charge is 0.366 e. The highest BCUT2D eigenvalue weighted by Crippen LogP contribution is 2.38. The lowest BCUT2D eigenvalue weighted by molar-refractivity contribution is -0.116. The third-order valence-corrected chi connectivity index (χ3v) is 3.32. The van der Waals surface area contributed by atoms with Crippen LogP contribution in [0.15, 0.2) is 43.1 Å². The first-order valence-corrected chi connectivity index (χ1v) is 5.49. The fourth-order valence-electron chi connectivity index (χ4n) is 2.53. The molecule has 0 fully saturated rings. The first kappa shape index (κ1) is 9.40. The van der Waals surface area contributed by atoms with Gasteiger partial charge < -0.3 is 4.90 Å². The Morgan fingerprint density at radius 2 is 2.12 bits per heavy atom. The Morgan fingerprint density at radius 1 is 1.31 bits per heavy atom. The second-order valence-corrected chi connectivity index (χ2v) is 4.37. The van der Waals surface area contributed by atoms with E-state index in [0.29, 0.717) is 6.42 Å². The molecule has 0 amide bonds. The minimum atomic E-state index is 0.208. The number of rotatable bonds is 0. The van der Waals surface area contributed by atoms with Gasteiger partial charge in [-0.3, -0.25) is 4.79 Å². The lowest BCUT2D eigenvalue weighted by Gasteiger charge is -2.39. The van der Waals surface area contributed by atoms with Gasteiger partial charge in [0.25, 0.3) is 0 Å². The van der Waals surface area contributed by atoms with E-state index in [2.05, 4.69) is 23.6 Å². The number of carbonyl (C=O) groups excluding carboxylic acids is 1. The van der Waals surface area contributed by atoms with Crippen molar-refractivity contribution in [1.82, 2.24) is 4.90 Å². The maximum Gasteiger partial charge on any atom is 0.159 e. The SMILES string of the molecule is C=C1CN2C=CC(=O)C[C@@H]2c2ccccc21. The van der Waals surface area contributed by atoms with Gasteiger partial charge in [-0.2, -0.15) is 0 Å². The van der Waals surface area contributed by atoms with E-state index in [1.54, 1.807) is 6.08 Å². The van der Waals surface area contributed by atoms with Crippen LogP contribution in [0, 0.1) is 0 Å². The van der Waals surface area contributed by atoms with Crippen LogP contribution in [0.4, 0.5) is 0 Å². The molecule has 2 aliphatic rings. The van der Waals surface area contributed by atoms with E-state index < -0.39 is 0 Å². The van der Waals surface area contributed by atoms with E-state index in [1.165, 1.54) is 11.1 Å². The van der Waals surface area contributed by atoms with Gasteiger partial charge in [0.2, 0.25) is 0 Å². The van der Waals surface area contributed by atoms with Crippen molar-refractivity contribution in [1.29, 1.82) is 0 Å². The summed E-state index contributed by atoms with van der Waals surface area (Å²) >= 11 is 0. The van der Waals surface area contributed by atoms with Crippen molar-refractivity contribution in [3.63, 3.8) is 0 Å². The Morgan fingerprint density at radius 3 is 3.00 bits per heavy atom. The fourth-order valence-corrected chi connectivity index (χ4v) is 2.53. The molecule has 2 aliphatic heterocycles. The lowest BCUT2D eigenvalue weighted by atomic mass is 9.86. The Labute approximate surface area is 94.9 Å². The van der Waals surface area contributed by atoms with Crippen molar-refractivity contribution in [3.8, 4) is 0 Å². The Kier molecular flexibility index (Phi) is 1.96. The number of allylic oxidation sites excluding steroid dienone is 1. The number of fused-ring (bicyclic) bond motifs is 3. The summed E-state index contributed by atoms with van der Waals surface area (Å²) in [6.45, 7) is 4.93. The first-order chi connectivity index (χ1) is 7.75. The predicted octanol–water partition coefficient (Wildman–Crippen LogP) is 2.54. The molecular weight excluding hydrogens is 198 g/mol. The second kappa shape index (κ2) is 3.34. The molecule has 2 heteroatoms. The van der Waals surface area contributed by atoms with Gasteiger partial charge in [-0.15, -0.1) is 0 Å². The van der Waals surface area contributed by atoms with Gasteiger partial charge in [-0.25, -0.2) is 0 Å². The van der Waals surface area contributed by atoms with Gasteiger partial charge in [-0.05, 0) is 22.8 Å². The number of hydrogen-bond donors (Lipinski definition) is 0. The zero-order valence-corrected chi connectivity index (χ0v) is 9.02. The molecule has 0 bridgehead atoms. The minimum Gasteiger partial charge on any atom is -0.366 e. The maximum atomic E-state index is 11.5. The van der Waals surface area contributed by atoms with E-state index in [-0.39, 0.29) is 11.8 Å². The molecule has 0 aromatic heterocycles. The number of nitrogens with zero attached hydrogens (tertiary/aromatic N) is 1. The standard InChI is InChI=1S/C14H13NO/c1-10-9-15-7-6-11(16)8-14(15)13-5-3-2-4-12(10)13/h2-7,14H,1,8-9H2/t14-/m1/s1. The van der Waals surface area contributed by atoms with E-state index in [4.69, 9.17) is 0 Å². The monoisotopic (exact) mass is 211 g/mol. The van der Waals surface area contributed by atoms with Crippen LogP contribution in [-0.4, -0.2) is 17.2 Å². The molecule has 2 heterocycles. The fraction of sp³-hybridized carbons (Fsp3) is 0.214. The molecule has 16 heavy (non-hydrogen) atoms. The molecule has 0 radical (unpaired) electrons. The van der Waals surface area contributed by atoms with Crippen molar-refractivity contribution in [2.45, 2.75) is 12.5 Å². The van der Waals surface area contributed by atoms with Crippen molar-refractivity contribution in [2.75, 3.05) is 6.54 Å². The van der Waals surface area contributed by atoms with E-state index in [0.717, 1.165) is 12.1 Å². The summed E-state index contributed by atoms with van der Waals surface area (Å²) in [5.74, 6) is 0.212. The first-order valence-electron chi connectivity index (χ1n) is 5.49. The molecule has 1 aromatic rings. The average molecular weight is 211 g/mol. The third-order valence-electron chi connectivity index (χ3n) is 3.32. The van der Waals surface area contributed by atoms with Gasteiger partial charge in [0, 0.05) is 19.2 Å². The normalized spacial score (nSPS) is 23.0. The Balaban J connectivity index is 2.13. The molecule has 0 saturated heterocycles. The number of carbonyl (C=O) groups is 1. The highest BCUT2D eigenvalue weighted by molar-refractivity contribution is 5.91. The topological polar surface area (TPSA) is 20.3 Å². The Hall–Kier alpha value is -1.83. The van der Waals surface area contributed by atoms with Crippen LogP contribution in [0.2, 0.25) is 0 Å². The molecule has 2 nitrogen and oxygen atoms in total.